The summed E-state index contributed by atoms with van der Waals surface area (Å²) < 4.78 is 0. The van der Waals surface area contributed by atoms with Gasteiger partial charge >= 0.3 is 6.03 Å². The zero-order valence-electron chi connectivity index (χ0n) is 10.9. The number of benzene rings is 1. The second-order valence-electron chi connectivity index (χ2n) is 4.78. The third-order valence-corrected chi connectivity index (χ3v) is 3.53. The Bertz CT molecular complexity index is 468. The van der Waals surface area contributed by atoms with Crippen LogP contribution >= 0.6 is 12.2 Å². The Morgan fingerprint density at radius 1 is 1.21 bits per heavy atom. The summed E-state index contributed by atoms with van der Waals surface area (Å²) in [6.07, 6.45) is 4.59. The predicted molar refractivity (Wildman–Crippen MR) is 81.4 cm³/mol. The van der Waals surface area contributed by atoms with Crippen molar-refractivity contribution in [1.29, 1.82) is 0 Å². The summed E-state index contributed by atoms with van der Waals surface area (Å²) >= 11 is 4.93. The van der Waals surface area contributed by atoms with E-state index in [1.54, 1.807) is 6.07 Å². The molecule has 2 amide bonds. The molecule has 1 aliphatic heterocycles. The van der Waals surface area contributed by atoms with E-state index in [9.17, 15) is 4.79 Å². The van der Waals surface area contributed by atoms with E-state index < -0.39 is 0 Å². The molecule has 1 fully saturated rings. The molecule has 0 unspecified atom stereocenters. The zero-order valence-corrected chi connectivity index (χ0v) is 11.7. The van der Waals surface area contributed by atoms with Gasteiger partial charge in [0.1, 0.15) is 4.99 Å². The fourth-order valence-corrected chi connectivity index (χ4v) is 2.35. The molecule has 0 spiro atoms. The summed E-state index contributed by atoms with van der Waals surface area (Å²) in [6.45, 7) is 1.67. The van der Waals surface area contributed by atoms with Crippen LogP contribution in [0, 0.1) is 0 Å². The Kier molecular flexibility index (Phi) is 4.74. The summed E-state index contributed by atoms with van der Waals surface area (Å²) in [4.78, 5) is 14.4. The highest BCUT2D eigenvalue weighted by molar-refractivity contribution is 7.80. The molecule has 102 valence electrons. The minimum absolute atomic E-state index is 0.0398. The molecule has 4 nitrogen and oxygen atoms in total. The first kappa shape index (κ1) is 13.8. The third kappa shape index (κ3) is 3.92. The fraction of sp³-hybridized carbons (Fsp3) is 0.429. The van der Waals surface area contributed by atoms with E-state index in [0.29, 0.717) is 4.99 Å². The third-order valence-electron chi connectivity index (χ3n) is 3.29. The largest absolute Gasteiger partial charge is 0.389 e. The van der Waals surface area contributed by atoms with Gasteiger partial charge in [-0.2, -0.15) is 0 Å². The van der Waals surface area contributed by atoms with Crippen molar-refractivity contribution in [3.05, 3.63) is 29.8 Å². The van der Waals surface area contributed by atoms with Crippen molar-refractivity contribution in [1.82, 2.24) is 4.90 Å². The van der Waals surface area contributed by atoms with Crippen molar-refractivity contribution >= 4 is 28.9 Å². The number of amides is 2. The molecule has 0 bridgehead atoms. The van der Waals surface area contributed by atoms with Gasteiger partial charge in [-0.1, -0.05) is 37.2 Å². The van der Waals surface area contributed by atoms with E-state index in [2.05, 4.69) is 5.32 Å². The standard InChI is InChI=1S/C14H19N3OS/c15-13(19)11-6-5-7-12(10-11)16-14(18)17-8-3-1-2-4-9-17/h5-7,10H,1-4,8-9H2,(H2,15,19)(H,16,18). The lowest BCUT2D eigenvalue weighted by Crippen LogP contribution is -2.35. The molecule has 0 radical (unpaired) electrons. The molecule has 1 saturated heterocycles. The molecule has 5 heteroatoms. The first-order chi connectivity index (χ1) is 9.16. The highest BCUT2D eigenvalue weighted by Crippen LogP contribution is 2.14. The van der Waals surface area contributed by atoms with Crippen LogP contribution in [-0.4, -0.2) is 29.0 Å². The Balaban J connectivity index is 2.01. The molecule has 1 aromatic rings. The molecule has 3 N–H and O–H groups in total. The van der Waals surface area contributed by atoms with Gasteiger partial charge in [-0.3, -0.25) is 0 Å². The van der Waals surface area contributed by atoms with Crippen LogP contribution in [0.15, 0.2) is 24.3 Å². The second kappa shape index (κ2) is 6.52. The number of rotatable bonds is 2. The van der Waals surface area contributed by atoms with E-state index in [0.717, 1.165) is 37.2 Å². The lowest BCUT2D eigenvalue weighted by molar-refractivity contribution is 0.214. The van der Waals surface area contributed by atoms with Gasteiger partial charge in [-0.15, -0.1) is 0 Å². The van der Waals surface area contributed by atoms with Crippen LogP contribution in [0.1, 0.15) is 31.2 Å². The Morgan fingerprint density at radius 2 is 1.89 bits per heavy atom. The second-order valence-corrected chi connectivity index (χ2v) is 5.22. The van der Waals surface area contributed by atoms with Crippen molar-refractivity contribution in [2.45, 2.75) is 25.7 Å². The van der Waals surface area contributed by atoms with Crippen LogP contribution in [0.2, 0.25) is 0 Å². The van der Waals surface area contributed by atoms with E-state index in [1.807, 2.05) is 23.1 Å². The molecule has 1 aliphatic rings. The number of nitrogens with one attached hydrogen (secondary N) is 1. The van der Waals surface area contributed by atoms with Crippen LogP contribution in [0.4, 0.5) is 10.5 Å². The van der Waals surface area contributed by atoms with Gasteiger partial charge in [0.15, 0.2) is 0 Å². The smallest absolute Gasteiger partial charge is 0.321 e. The van der Waals surface area contributed by atoms with Crippen LogP contribution in [0.3, 0.4) is 0 Å². The Morgan fingerprint density at radius 3 is 2.53 bits per heavy atom. The van der Waals surface area contributed by atoms with E-state index in [-0.39, 0.29) is 6.03 Å². The summed E-state index contributed by atoms with van der Waals surface area (Å²) in [5, 5.41) is 2.91. The minimum atomic E-state index is -0.0398. The van der Waals surface area contributed by atoms with Gasteiger partial charge in [0.25, 0.3) is 0 Å². The van der Waals surface area contributed by atoms with Gasteiger partial charge < -0.3 is 16.0 Å². The summed E-state index contributed by atoms with van der Waals surface area (Å²) in [5.41, 5.74) is 7.09. The minimum Gasteiger partial charge on any atom is -0.389 e. The molecule has 0 aliphatic carbocycles. The number of nitrogens with zero attached hydrogens (tertiary/aromatic N) is 1. The molecule has 2 rings (SSSR count). The fourth-order valence-electron chi connectivity index (χ4n) is 2.23. The number of hydrogen-bond acceptors (Lipinski definition) is 2. The molecular weight excluding hydrogens is 258 g/mol. The average molecular weight is 277 g/mol. The first-order valence-electron chi connectivity index (χ1n) is 6.62. The van der Waals surface area contributed by atoms with Crippen molar-refractivity contribution in [3.8, 4) is 0 Å². The number of urea groups is 1. The van der Waals surface area contributed by atoms with Crippen molar-refractivity contribution in [2.75, 3.05) is 18.4 Å². The molecule has 1 aromatic carbocycles. The summed E-state index contributed by atoms with van der Waals surface area (Å²) in [7, 11) is 0. The molecule has 0 saturated carbocycles. The predicted octanol–water partition coefficient (Wildman–Crippen LogP) is 2.73. The van der Waals surface area contributed by atoms with Crippen LogP contribution in [0.25, 0.3) is 0 Å². The van der Waals surface area contributed by atoms with Crippen molar-refractivity contribution < 1.29 is 4.79 Å². The molecule has 0 aromatic heterocycles. The number of carbonyl (C=O) groups excluding carboxylic acids is 1. The number of likely N-dealkylation sites (tertiary alicyclic amines) is 1. The lowest BCUT2D eigenvalue weighted by atomic mass is 10.2. The van der Waals surface area contributed by atoms with Gasteiger partial charge in [-0.05, 0) is 25.0 Å². The number of anilines is 1. The van der Waals surface area contributed by atoms with Crippen LogP contribution < -0.4 is 11.1 Å². The summed E-state index contributed by atoms with van der Waals surface area (Å²) in [5.74, 6) is 0. The maximum atomic E-state index is 12.2. The van der Waals surface area contributed by atoms with Crippen LogP contribution in [0.5, 0.6) is 0 Å². The molecule has 1 heterocycles. The van der Waals surface area contributed by atoms with Crippen LogP contribution in [-0.2, 0) is 0 Å². The first-order valence-corrected chi connectivity index (χ1v) is 7.03. The van der Waals surface area contributed by atoms with Gasteiger partial charge in [0, 0.05) is 24.3 Å². The Labute approximate surface area is 119 Å². The quantitative estimate of drug-likeness (QED) is 0.817. The van der Waals surface area contributed by atoms with E-state index >= 15 is 0 Å². The lowest BCUT2D eigenvalue weighted by Gasteiger charge is -2.20. The SMILES string of the molecule is NC(=S)c1cccc(NC(=O)N2CCCCCC2)c1. The number of carbonyl (C=O) groups is 1. The number of hydrogen-bond donors (Lipinski definition) is 2. The van der Waals surface area contributed by atoms with E-state index in [1.165, 1.54) is 12.8 Å². The number of thiocarbonyl (C=S) groups is 1. The van der Waals surface area contributed by atoms with Crippen molar-refractivity contribution in [2.24, 2.45) is 5.73 Å². The molecule has 0 atom stereocenters. The highest BCUT2D eigenvalue weighted by atomic mass is 32.1. The van der Waals surface area contributed by atoms with Gasteiger partial charge in [0.05, 0.1) is 0 Å². The highest BCUT2D eigenvalue weighted by Gasteiger charge is 2.15. The van der Waals surface area contributed by atoms with Gasteiger partial charge in [0.2, 0.25) is 0 Å². The molecular formula is C14H19N3OS. The monoisotopic (exact) mass is 277 g/mol. The summed E-state index contributed by atoms with van der Waals surface area (Å²) in [6, 6.07) is 7.29. The van der Waals surface area contributed by atoms with E-state index in [4.69, 9.17) is 18.0 Å². The molecule has 19 heavy (non-hydrogen) atoms. The zero-order chi connectivity index (χ0) is 13.7. The maximum Gasteiger partial charge on any atom is 0.321 e. The van der Waals surface area contributed by atoms with Gasteiger partial charge in [-0.25, -0.2) is 4.79 Å². The number of nitrogens with two attached hydrogens (primary N) is 1. The normalized spacial score (nSPS) is 15.7. The Hall–Kier alpha value is -1.62. The van der Waals surface area contributed by atoms with Crippen molar-refractivity contribution in [3.63, 3.8) is 0 Å². The topological polar surface area (TPSA) is 58.4 Å². The average Bonchev–Trinajstić information content (AvgIpc) is 2.68. The maximum absolute atomic E-state index is 12.2.